The Morgan fingerprint density at radius 3 is 3.00 bits per heavy atom. The summed E-state index contributed by atoms with van der Waals surface area (Å²) in [5.74, 6) is 0.691. The van der Waals surface area contributed by atoms with Crippen molar-refractivity contribution in [3.8, 4) is 5.88 Å². The first-order valence-electron chi connectivity index (χ1n) is 6.56. The van der Waals surface area contributed by atoms with E-state index in [0.717, 1.165) is 18.7 Å². The number of nitrogens with zero attached hydrogens (tertiary/aromatic N) is 4. The van der Waals surface area contributed by atoms with Crippen molar-refractivity contribution in [2.45, 2.75) is 19.8 Å². The molecule has 1 amide bonds. The van der Waals surface area contributed by atoms with Gasteiger partial charge in [0, 0.05) is 25.4 Å². The van der Waals surface area contributed by atoms with Crippen LogP contribution in [0, 0.1) is 6.92 Å². The van der Waals surface area contributed by atoms with E-state index in [9.17, 15) is 4.79 Å². The average Bonchev–Trinajstić information content (AvgIpc) is 2.95. The maximum absolute atomic E-state index is 11.5. The lowest BCUT2D eigenvalue weighted by molar-refractivity contribution is -0.128. The van der Waals surface area contributed by atoms with Gasteiger partial charge in [-0.15, -0.1) is 0 Å². The van der Waals surface area contributed by atoms with Gasteiger partial charge in [0.25, 0.3) is 5.88 Å². The van der Waals surface area contributed by atoms with E-state index >= 15 is 0 Å². The first kappa shape index (κ1) is 13.4. The molecule has 0 radical (unpaired) electrons. The van der Waals surface area contributed by atoms with Crippen molar-refractivity contribution in [2.24, 2.45) is 0 Å². The van der Waals surface area contributed by atoms with Crippen molar-refractivity contribution in [2.75, 3.05) is 19.7 Å². The van der Waals surface area contributed by atoms with Crippen molar-refractivity contribution in [1.29, 1.82) is 0 Å². The maximum Gasteiger partial charge on any atom is 0.259 e. The summed E-state index contributed by atoms with van der Waals surface area (Å²) in [6, 6.07) is 0. The number of hydrogen-bond donors (Lipinski definition) is 0. The monoisotopic (exact) mass is 338 g/mol. The molecule has 3 heterocycles. The standard InChI is InChI=1S/C13H15BrN4O2/c1-9-7-18-8-10(14)16-13(12(18)15-9)20-6-5-17-4-2-3-11(17)19/h7-8H,2-6H2,1H3. The molecule has 0 atom stereocenters. The normalized spacial score (nSPS) is 15.3. The number of imidazole rings is 1. The van der Waals surface area contributed by atoms with Gasteiger partial charge in [0.2, 0.25) is 11.6 Å². The van der Waals surface area contributed by atoms with Gasteiger partial charge in [-0.1, -0.05) is 0 Å². The molecule has 2 aromatic rings. The number of fused-ring (bicyclic) bond motifs is 1. The van der Waals surface area contributed by atoms with Crippen LogP contribution in [0.4, 0.5) is 0 Å². The highest BCUT2D eigenvalue weighted by Gasteiger charge is 2.20. The lowest BCUT2D eigenvalue weighted by Crippen LogP contribution is -2.29. The smallest absolute Gasteiger partial charge is 0.259 e. The van der Waals surface area contributed by atoms with Gasteiger partial charge >= 0.3 is 0 Å². The molecule has 0 unspecified atom stereocenters. The van der Waals surface area contributed by atoms with Crippen molar-refractivity contribution in [3.05, 3.63) is 22.7 Å². The Morgan fingerprint density at radius 2 is 2.25 bits per heavy atom. The second-order valence-corrected chi connectivity index (χ2v) is 5.63. The largest absolute Gasteiger partial charge is 0.473 e. The van der Waals surface area contributed by atoms with Crippen LogP contribution in [0.2, 0.25) is 0 Å². The lowest BCUT2D eigenvalue weighted by atomic mass is 10.4. The number of aryl methyl sites for hydroxylation is 1. The average molecular weight is 339 g/mol. The van der Waals surface area contributed by atoms with Gasteiger partial charge < -0.3 is 9.64 Å². The summed E-state index contributed by atoms with van der Waals surface area (Å²) >= 11 is 3.36. The Morgan fingerprint density at radius 1 is 1.40 bits per heavy atom. The molecule has 2 aromatic heterocycles. The molecular formula is C13H15BrN4O2. The number of likely N-dealkylation sites (tertiary alicyclic amines) is 1. The fourth-order valence-electron chi connectivity index (χ4n) is 2.35. The summed E-state index contributed by atoms with van der Waals surface area (Å²) in [5, 5.41) is 0. The summed E-state index contributed by atoms with van der Waals surface area (Å²) < 4.78 is 8.27. The van der Waals surface area contributed by atoms with Crippen molar-refractivity contribution in [3.63, 3.8) is 0 Å². The van der Waals surface area contributed by atoms with Gasteiger partial charge in [0.15, 0.2) is 0 Å². The molecule has 0 bridgehead atoms. The molecule has 7 heteroatoms. The predicted molar refractivity (Wildman–Crippen MR) is 76.7 cm³/mol. The third kappa shape index (κ3) is 2.63. The van der Waals surface area contributed by atoms with E-state index in [0.29, 0.717) is 35.7 Å². The molecule has 3 rings (SSSR count). The highest BCUT2D eigenvalue weighted by molar-refractivity contribution is 9.10. The molecule has 0 N–H and O–H groups in total. The van der Waals surface area contributed by atoms with Crippen LogP contribution in [-0.4, -0.2) is 44.9 Å². The van der Waals surface area contributed by atoms with Crippen molar-refractivity contribution < 1.29 is 9.53 Å². The number of amides is 1. The Labute approximate surface area is 124 Å². The highest BCUT2D eigenvalue weighted by Crippen LogP contribution is 2.20. The molecular weight excluding hydrogens is 324 g/mol. The topological polar surface area (TPSA) is 59.7 Å². The fraction of sp³-hybridized carbons (Fsp3) is 0.462. The molecule has 1 aliphatic heterocycles. The minimum atomic E-state index is 0.206. The van der Waals surface area contributed by atoms with Crippen LogP contribution in [-0.2, 0) is 4.79 Å². The van der Waals surface area contributed by atoms with Crippen LogP contribution in [0.5, 0.6) is 5.88 Å². The van der Waals surface area contributed by atoms with E-state index < -0.39 is 0 Å². The second-order valence-electron chi connectivity index (χ2n) is 4.81. The van der Waals surface area contributed by atoms with E-state index in [1.165, 1.54) is 0 Å². The van der Waals surface area contributed by atoms with Gasteiger partial charge in [-0.25, -0.2) is 9.97 Å². The summed E-state index contributed by atoms with van der Waals surface area (Å²) in [6.07, 6.45) is 5.35. The molecule has 0 spiro atoms. The van der Waals surface area contributed by atoms with E-state index in [2.05, 4.69) is 25.9 Å². The molecule has 0 aromatic carbocycles. The van der Waals surface area contributed by atoms with E-state index in [4.69, 9.17) is 4.74 Å². The molecule has 0 saturated carbocycles. The zero-order valence-electron chi connectivity index (χ0n) is 11.2. The lowest BCUT2D eigenvalue weighted by Gasteiger charge is -2.15. The number of aromatic nitrogens is 3. The van der Waals surface area contributed by atoms with Gasteiger partial charge in [-0.2, -0.15) is 0 Å². The zero-order valence-corrected chi connectivity index (χ0v) is 12.8. The van der Waals surface area contributed by atoms with Crippen LogP contribution in [0.1, 0.15) is 18.5 Å². The van der Waals surface area contributed by atoms with Crippen LogP contribution in [0.25, 0.3) is 5.65 Å². The van der Waals surface area contributed by atoms with Gasteiger partial charge in [0.05, 0.1) is 12.2 Å². The number of carbonyl (C=O) groups is 1. The highest BCUT2D eigenvalue weighted by atomic mass is 79.9. The number of halogens is 1. The molecule has 1 fully saturated rings. The minimum Gasteiger partial charge on any atom is -0.473 e. The SMILES string of the molecule is Cc1cn2cc(Br)nc(OCCN3CCCC3=O)c2n1. The Bertz CT molecular complexity index is 655. The number of rotatable bonds is 4. The van der Waals surface area contributed by atoms with Gasteiger partial charge in [-0.05, 0) is 29.3 Å². The van der Waals surface area contributed by atoms with Crippen LogP contribution < -0.4 is 4.74 Å². The van der Waals surface area contributed by atoms with Gasteiger partial charge in [0.1, 0.15) is 11.2 Å². The van der Waals surface area contributed by atoms with E-state index in [1.807, 2.05) is 28.6 Å². The third-order valence-corrected chi connectivity index (χ3v) is 3.65. The van der Waals surface area contributed by atoms with Crippen LogP contribution in [0.15, 0.2) is 17.0 Å². The maximum atomic E-state index is 11.5. The first-order chi connectivity index (χ1) is 9.63. The second kappa shape index (κ2) is 5.40. The first-order valence-corrected chi connectivity index (χ1v) is 7.35. The summed E-state index contributed by atoms with van der Waals surface area (Å²) in [7, 11) is 0. The van der Waals surface area contributed by atoms with E-state index in [-0.39, 0.29) is 5.91 Å². The Kier molecular flexibility index (Phi) is 3.60. The molecule has 20 heavy (non-hydrogen) atoms. The number of hydrogen-bond acceptors (Lipinski definition) is 4. The quantitative estimate of drug-likeness (QED) is 0.852. The van der Waals surface area contributed by atoms with E-state index in [1.54, 1.807) is 0 Å². The molecule has 0 aliphatic carbocycles. The summed E-state index contributed by atoms with van der Waals surface area (Å²) in [4.78, 5) is 22.0. The molecule has 6 nitrogen and oxygen atoms in total. The summed E-state index contributed by atoms with van der Waals surface area (Å²) in [6.45, 7) is 3.77. The number of carbonyl (C=O) groups excluding carboxylic acids is 1. The minimum absolute atomic E-state index is 0.206. The van der Waals surface area contributed by atoms with Crippen LogP contribution in [0.3, 0.4) is 0 Å². The predicted octanol–water partition coefficient (Wildman–Crippen LogP) is 1.80. The Balaban J connectivity index is 1.72. The Hall–Kier alpha value is -1.63. The fourth-order valence-corrected chi connectivity index (χ4v) is 2.73. The van der Waals surface area contributed by atoms with Crippen molar-refractivity contribution >= 4 is 27.5 Å². The molecule has 1 aliphatic rings. The zero-order chi connectivity index (χ0) is 14.1. The molecule has 106 valence electrons. The van der Waals surface area contributed by atoms with Crippen molar-refractivity contribution in [1.82, 2.24) is 19.3 Å². The third-order valence-electron chi connectivity index (χ3n) is 3.27. The molecule has 1 saturated heterocycles. The van der Waals surface area contributed by atoms with Gasteiger partial charge in [-0.3, -0.25) is 9.20 Å². The number of ether oxygens (including phenoxy) is 1. The summed E-state index contributed by atoms with van der Waals surface area (Å²) in [5.41, 5.74) is 1.60. The van der Waals surface area contributed by atoms with Crippen LogP contribution >= 0.6 is 15.9 Å².